The molecule has 1 N–H and O–H groups in total. The second kappa shape index (κ2) is 3.50. The van der Waals surface area contributed by atoms with Crippen LogP contribution in [0.5, 0.6) is 0 Å². The molecule has 5 heteroatoms. The van der Waals surface area contributed by atoms with Crippen molar-refractivity contribution in [3.63, 3.8) is 0 Å². The highest BCUT2D eigenvalue weighted by atomic mass is 32.2. The van der Waals surface area contributed by atoms with Crippen molar-refractivity contribution in [1.29, 1.82) is 0 Å². The number of amides is 2. The lowest BCUT2D eigenvalue weighted by Crippen LogP contribution is -2.46. The number of nitrogens with one attached hydrogen (secondary N) is 1. The molecule has 1 spiro atoms. The molecule has 17 heavy (non-hydrogen) atoms. The van der Waals surface area contributed by atoms with E-state index in [1.54, 1.807) is 4.90 Å². The Morgan fingerprint density at radius 1 is 1.41 bits per heavy atom. The Hall–Kier alpha value is -1.49. The van der Waals surface area contributed by atoms with Crippen molar-refractivity contribution >= 4 is 29.3 Å². The Balaban J connectivity index is 2.20. The Morgan fingerprint density at radius 3 is 2.94 bits per heavy atom. The average molecular weight is 248 g/mol. The topological polar surface area (TPSA) is 49.4 Å². The van der Waals surface area contributed by atoms with Gasteiger partial charge in [-0.3, -0.25) is 9.59 Å². The van der Waals surface area contributed by atoms with Crippen LogP contribution in [0.4, 0.5) is 5.69 Å². The van der Waals surface area contributed by atoms with Crippen LogP contribution in [0.2, 0.25) is 0 Å². The summed E-state index contributed by atoms with van der Waals surface area (Å²) >= 11 is 1.41. The zero-order chi connectivity index (χ0) is 12.0. The van der Waals surface area contributed by atoms with Gasteiger partial charge in [0.25, 0.3) is 5.91 Å². The van der Waals surface area contributed by atoms with E-state index in [0.717, 1.165) is 11.3 Å². The standard InChI is InChI=1S/C12H12N2O2S/c1-2-14-10(15)7-17-12(14)8-5-3-4-6-9(8)13-11(12)16/h3-6H,2,7H2,1H3,(H,13,16). The summed E-state index contributed by atoms with van der Waals surface area (Å²) in [5.74, 6) is 0.302. The van der Waals surface area contributed by atoms with E-state index in [2.05, 4.69) is 5.32 Å². The van der Waals surface area contributed by atoms with Gasteiger partial charge in [0.05, 0.1) is 5.75 Å². The number of hydrogen-bond acceptors (Lipinski definition) is 3. The van der Waals surface area contributed by atoms with E-state index in [9.17, 15) is 9.59 Å². The van der Waals surface area contributed by atoms with Crippen LogP contribution in [0.3, 0.4) is 0 Å². The summed E-state index contributed by atoms with van der Waals surface area (Å²) in [7, 11) is 0. The molecule has 2 aliphatic heterocycles. The Morgan fingerprint density at radius 2 is 2.18 bits per heavy atom. The molecule has 1 aromatic rings. The fraction of sp³-hybridized carbons (Fsp3) is 0.333. The lowest BCUT2D eigenvalue weighted by atomic mass is 10.1. The molecule has 1 saturated heterocycles. The fourth-order valence-electron chi connectivity index (χ4n) is 2.52. The summed E-state index contributed by atoms with van der Waals surface area (Å²) in [6.45, 7) is 2.45. The van der Waals surface area contributed by atoms with Gasteiger partial charge < -0.3 is 10.2 Å². The quantitative estimate of drug-likeness (QED) is 0.817. The van der Waals surface area contributed by atoms with Gasteiger partial charge in [-0.05, 0) is 13.0 Å². The van der Waals surface area contributed by atoms with E-state index >= 15 is 0 Å². The van der Waals surface area contributed by atoms with Crippen molar-refractivity contribution in [2.75, 3.05) is 17.6 Å². The molecule has 1 unspecified atom stereocenters. The first-order valence-corrected chi connectivity index (χ1v) is 6.54. The van der Waals surface area contributed by atoms with Gasteiger partial charge in [0.15, 0.2) is 4.87 Å². The van der Waals surface area contributed by atoms with Gasteiger partial charge >= 0.3 is 0 Å². The van der Waals surface area contributed by atoms with Gasteiger partial charge in [0, 0.05) is 17.8 Å². The Labute approximate surface area is 103 Å². The minimum absolute atomic E-state index is 0.0318. The van der Waals surface area contributed by atoms with Crippen LogP contribution in [0.25, 0.3) is 0 Å². The lowest BCUT2D eigenvalue weighted by Gasteiger charge is -2.31. The highest BCUT2D eigenvalue weighted by molar-refractivity contribution is 8.02. The minimum atomic E-state index is -0.831. The first kappa shape index (κ1) is 10.7. The number of thioether (sulfide) groups is 1. The van der Waals surface area contributed by atoms with Crippen molar-refractivity contribution in [1.82, 2.24) is 4.90 Å². The molecule has 0 aliphatic carbocycles. The number of carbonyl (C=O) groups excluding carboxylic acids is 2. The van der Waals surface area contributed by atoms with Crippen molar-refractivity contribution in [2.45, 2.75) is 11.8 Å². The number of anilines is 1. The molecular formula is C12H12N2O2S. The van der Waals surface area contributed by atoms with Gasteiger partial charge in [-0.15, -0.1) is 11.8 Å². The molecule has 88 valence electrons. The maximum atomic E-state index is 12.2. The zero-order valence-electron chi connectivity index (χ0n) is 9.40. The molecule has 2 aliphatic rings. The van der Waals surface area contributed by atoms with E-state index < -0.39 is 4.87 Å². The van der Waals surface area contributed by atoms with Crippen molar-refractivity contribution in [3.8, 4) is 0 Å². The molecule has 2 amide bonds. The average Bonchev–Trinajstić information content (AvgIpc) is 2.81. The first-order valence-electron chi connectivity index (χ1n) is 5.55. The molecule has 0 saturated carbocycles. The maximum Gasteiger partial charge on any atom is 0.265 e. The third kappa shape index (κ3) is 1.20. The van der Waals surface area contributed by atoms with E-state index in [1.807, 2.05) is 31.2 Å². The van der Waals surface area contributed by atoms with Crippen LogP contribution in [-0.2, 0) is 14.5 Å². The van der Waals surface area contributed by atoms with Gasteiger partial charge in [0.1, 0.15) is 0 Å². The number of fused-ring (bicyclic) bond motifs is 2. The highest BCUT2D eigenvalue weighted by Crippen LogP contribution is 2.51. The number of carbonyl (C=O) groups is 2. The number of hydrogen-bond donors (Lipinski definition) is 1. The molecule has 3 rings (SSSR count). The lowest BCUT2D eigenvalue weighted by molar-refractivity contribution is -0.136. The van der Waals surface area contributed by atoms with Gasteiger partial charge in [-0.25, -0.2) is 0 Å². The van der Waals surface area contributed by atoms with Crippen LogP contribution in [0, 0.1) is 0 Å². The maximum absolute atomic E-state index is 12.2. The van der Waals surface area contributed by atoms with Crippen LogP contribution in [0.1, 0.15) is 12.5 Å². The summed E-state index contributed by atoms with van der Waals surface area (Å²) in [5.41, 5.74) is 1.72. The normalized spacial score (nSPS) is 26.5. The molecule has 0 bridgehead atoms. The van der Waals surface area contributed by atoms with Gasteiger partial charge in [-0.2, -0.15) is 0 Å². The predicted octanol–water partition coefficient (Wildman–Crippen LogP) is 1.39. The number of rotatable bonds is 1. The van der Waals surface area contributed by atoms with E-state index in [4.69, 9.17) is 0 Å². The summed E-state index contributed by atoms with van der Waals surface area (Å²) in [5, 5.41) is 2.86. The summed E-state index contributed by atoms with van der Waals surface area (Å²) in [6, 6.07) is 7.58. The third-order valence-electron chi connectivity index (χ3n) is 3.25. The second-order valence-corrected chi connectivity index (χ2v) is 5.24. The predicted molar refractivity (Wildman–Crippen MR) is 66.6 cm³/mol. The number of likely N-dealkylation sites (N-methyl/N-ethyl adjacent to an activating group) is 1. The van der Waals surface area contributed by atoms with Crippen LogP contribution < -0.4 is 5.32 Å². The Bertz CT molecular complexity index is 517. The largest absolute Gasteiger partial charge is 0.323 e. The minimum Gasteiger partial charge on any atom is -0.323 e. The van der Waals surface area contributed by atoms with Gasteiger partial charge in [0.2, 0.25) is 5.91 Å². The molecule has 1 aromatic carbocycles. The smallest absolute Gasteiger partial charge is 0.265 e. The summed E-state index contributed by atoms with van der Waals surface area (Å²) in [6.07, 6.45) is 0. The van der Waals surface area contributed by atoms with E-state index in [-0.39, 0.29) is 11.8 Å². The fourth-order valence-corrected chi connectivity index (χ4v) is 3.92. The molecule has 0 aromatic heterocycles. The van der Waals surface area contributed by atoms with Crippen LogP contribution in [0.15, 0.2) is 24.3 Å². The van der Waals surface area contributed by atoms with Crippen LogP contribution >= 0.6 is 11.8 Å². The molecule has 1 atom stereocenters. The molecule has 4 nitrogen and oxygen atoms in total. The molecular weight excluding hydrogens is 236 g/mol. The van der Waals surface area contributed by atoms with Crippen molar-refractivity contribution < 1.29 is 9.59 Å². The summed E-state index contributed by atoms with van der Waals surface area (Å²) < 4.78 is 0. The molecule has 2 heterocycles. The van der Waals surface area contributed by atoms with E-state index in [1.165, 1.54) is 11.8 Å². The van der Waals surface area contributed by atoms with Crippen molar-refractivity contribution in [3.05, 3.63) is 29.8 Å². The third-order valence-corrected chi connectivity index (χ3v) is 4.68. The monoisotopic (exact) mass is 248 g/mol. The zero-order valence-corrected chi connectivity index (χ0v) is 10.2. The van der Waals surface area contributed by atoms with Crippen molar-refractivity contribution in [2.24, 2.45) is 0 Å². The summed E-state index contributed by atoms with van der Waals surface area (Å²) in [4.78, 5) is 24.9. The second-order valence-electron chi connectivity index (χ2n) is 4.07. The van der Waals surface area contributed by atoms with Gasteiger partial charge in [-0.1, -0.05) is 18.2 Å². The molecule has 1 fully saturated rings. The molecule has 0 radical (unpaired) electrons. The number of benzene rings is 1. The highest BCUT2D eigenvalue weighted by Gasteiger charge is 2.56. The number of nitrogens with zero attached hydrogens (tertiary/aromatic N) is 1. The Kier molecular flexibility index (Phi) is 2.19. The van der Waals surface area contributed by atoms with Crippen LogP contribution in [-0.4, -0.2) is 29.0 Å². The SMILES string of the molecule is CCN1C(=O)CSC12C(=O)Nc1ccccc12. The number of para-hydroxylation sites is 1. The van der Waals surface area contributed by atoms with E-state index in [0.29, 0.717) is 12.3 Å². The first-order chi connectivity index (χ1) is 8.20.